The number of hydrogen-bond acceptors (Lipinski definition) is 2. The van der Waals surface area contributed by atoms with Crippen molar-refractivity contribution in [3.63, 3.8) is 0 Å². The average molecular weight is 218 g/mol. The van der Waals surface area contributed by atoms with Gasteiger partial charge < -0.3 is 10.6 Å². The summed E-state index contributed by atoms with van der Waals surface area (Å²) in [6.45, 7) is 6.70. The molecule has 0 aliphatic carbocycles. The van der Waals surface area contributed by atoms with Crippen molar-refractivity contribution >= 4 is 0 Å². The second kappa shape index (κ2) is 6.02. The van der Waals surface area contributed by atoms with Gasteiger partial charge in [0.2, 0.25) is 0 Å². The standard InChI is InChI=1S/C14H22N2/c1-12-3-2-4-14(9-12)11-16-10-13-5-7-15-8-6-13/h2-4,9,13,15-16H,5-8,10-11H2,1H3. The second-order valence-electron chi connectivity index (χ2n) is 4.81. The molecule has 0 radical (unpaired) electrons. The van der Waals surface area contributed by atoms with Gasteiger partial charge in [0.15, 0.2) is 0 Å². The van der Waals surface area contributed by atoms with Crippen molar-refractivity contribution in [2.45, 2.75) is 26.3 Å². The molecule has 0 saturated carbocycles. The van der Waals surface area contributed by atoms with E-state index in [0.717, 1.165) is 19.0 Å². The number of aryl methyl sites for hydroxylation is 1. The van der Waals surface area contributed by atoms with E-state index in [1.54, 1.807) is 0 Å². The van der Waals surface area contributed by atoms with Gasteiger partial charge in [0, 0.05) is 6.54 Å². The van der Waals surface area contributed by atoms with Crippen LogP contribution in [0.15, 0.2) is 24.3 Å². The third kappa shape index (κ3) is 3.62. The predicted octanol–water partition coefficient (Wildman–Crippen LogP) is 2.08. The van der Waals surface area contributed by atoms with Crippen molar-refractivity contribution in [2.75, 3.05) is 19.6 Å². The first-order valence-electron chi connectivity index (χ1n) is 6.31. The molecule has 2 heteroatoms. The molecule has 16 heavy (non-hydrogen) atoms. The highest BCUT2D eigenvalue weighted by Crippen LogP contribution is 2.10. The first kappa shape index (κ1) is 11.6. The Kier molecular flexibility index (Phi) is 4.37. The van der Waals surface area contributed by atoms with E-state index in [9.17, 15) is 0 Å². The lowest BCUT2D eigenvalue weighted by atomic mass is 9.98. The molecule has 0 aromatic heterocycles. The molecule has 1 heterocycles. The van der Waals surface area contributed by atoms with Crippen LogP contribution in [0.4, 0.5) is 0 Å². The molecule has 2 rings (SSSR count). The van der Waals surface area contributed by atoms with Gasteiger partial charge in [0.25, 0.3) is 0 Å². The summed E-state index contributed by atoms with van der Waals surface area (Å²) in [6, 6.07) is 8.74. The quantitative estimate of drug-likeness (QED) is 0.808. The minimum atomic E-state index is 0.867. The zero-order chi connectivity index (χ0) is 11.2. The van der Waals surface area contributed by atoms with Gasteiger partial charge in [0.1, 0.15) is 0 Å². The van der Waals surface area contributed by atoms with E-state index in [1.807, 2.05) is 0 Å². The summed E-state index contributed by atoms with van der Waals surface area (Å²) in [5, 5.41) is 6.97. The van der Waals surface area contributed by atoms with Crippen LogP contribution >= 0.6 is 0 Å². The molecule has 0 amide bonds. The number of nitrogens with one attached hydrogen (secondary N) is 2. The van der Waals surface area contributed by atoms with Gasteiger partial charge >= 0.3 is 0 Å². The van der Waals surface area contributed by atoms with Crippen molar-refractivity contribution in [2.24, 2.45) is 5.92 Å². The summed E-state index contributed by atoms with van der Waals surface area (Å²) in [6.07, 6.45) is 2.64. The molecule has 2 nitrogen and oxygen atoms in total. The molecule has 2 N–H and O–H groups in total. The van der Waals surface area contributed by atoms with Crippen LogP contribution in [0, 0.1) is 12.8 Å². The molecule has 88 valence electrons. The third-order valence-corrected chi connectivity index (χ3v) is 3.30. The van der Waals surface area contributed by atoms with E-state index in [2.05, 4.69) is 41.8 Å². The Labute approximate surface area is 98.4 Å². The van der Waals surface area contributed by atoms with Crippen LogP contribution in [0.25, 0.3) is 0 Å². The average Bonchev–Trinajstić information content (AvgIpc) is 2.30. The van der Waals surface area contributed by atoms with E-state index >= 15 is 0 Å². The number of benzene rings is 1. The van der Waals surface area contributed by atoms with Crippen molar-refractivity contribution in [3.8, 4) is 0 Å². The summed E-state index contributed by atoms with van der Waals surface area (Å²) in [5.41, 5.74) is 2.75. The summed E-state index contributed by atoms with van der Waals surface area (Å²) in [4.78, 5) is 0. The lowest BCUT2D eigenvalue weighted by Gasteiger charge is -2.22. The smallest absolute Gasteiger partial charge is 0.0205 e. The highest BCUT2D eigenvalue weighted by molar-refractivity contribution is 5.21. The summed E-state index contributed by atoms with van der Waals surface area (Å²) >= 11 is 0. The van der Waals surface area contributed by atoms with Gasteiger partial charge in [-0.05, 0) is 50.9 Å². The Bertz CT molecular complexity index is 316. The molecule has 1 saturated heterocycles. The third-order valence-electron chi connectivity index (χ3n) is 3.30. The lowest BCUT2D eigenvalue weighted by molar-refractivity contribution is 0.356. The Hall–Kier alpha value is -0.860. The monoisotopic (exact) mass is 218 g/mol. The fourth-order valence-corrected chi connectivity index (χ4v) is 2.33. The van der Waals surface area contributed by atoms with Crippen LogP contribution in [0.2, 0.25) is 0 Å². The molecule has 0 atom stereocenters. The van der Waals surface area contributed by atoms with Gasteiger partial charge in [-0.3, -0.25) is 0 Å². The van der Waals surface area contributed by atoms with E-state index < -0.39 is 0 Å². The van der Waals surface area contributed by atoms with Crippen LogP contribution in [0.1, 0.15) is 24.0 Å². The van der Waals surface area contributed by atoms with E-state index in [4.69, 9.17) is 0 Å². The predicted molar refractivity (Wildman–Crippen MR) is 68.5 cm³/mol. The molecular weight excluding hydrogens is 196 g/mol. The van der Waals surface area contributed by atoms with Crippen molar-refractivity contribution in [1.82, 2.24) is 10.6 Å². The normalized spacial score (nSPS) is 17.6. The van der Waals surface area contributed by atoms with Crippen molar-refractivity contribution in [1.29, 1.82) is 0 Å². The Balaban J connectivity index is 1.71. The highest BCUT2D eigenvalue weighted by Gasteiger charge is 2.11. The van der Waals surface area contributed by atoms with Crippen LogP contribution in [0.5, 0.6) is 0 Å². The minimum Gasteiger partial charge on any atom is -0.317 e. The van der Waals surface area contributed by atoms with Crippen LogP contribution in [-0.4, -0.2) is 19.6 Å². The maximum atomic E-state index is 3.57. The maximum Gasteiger partial charge on any atom is 0.0205 e. The Morgan fingerprint density at radius 3 is 2.88 bits per heavy atom. The molecule has 1 aromatic rings. The topological polar surface area (TPSA) is 24.1 Å². The largest absolute Gasteiger partial charge is 0.317 e. The SMILES string of the molecule is Cc1cccc(CNCC2CCNCC2)c1. The summed E-state index contributed by atoms with van der Waals surface area (Å²) in [5.74, 6) is 0.867. The summed E-state index contributed by atoms with van der Waals surface area (Å²) < 4.78 is 0. The van der Waals surface area contributed by atoms with E-state index in [1.165, 1.54) is 37.1 Å². The maximum absolute atomic E-state index is 3.57. The van der Waals surface area contributed by atoms with Gasteiger partial charge in [-0.2, -0.15) is 0 Å². The van der Waals surface area contributed by atoms with Gasteiger partial charge in [0.05, 0.1) is 0 Å². The zero-order valence-electron chi connectivity index (χ0n) is 10.1. The van der Waals surface area contributed by atoms with Crippen LogP contribution in [-0.2, 0) is 6.54 Å². The van der Waals surface area contributed by atoms with Gasteiger partial charge in [-0.1, -0.05) is 29.8 Å². The number of piperidine rings is 1. The fourth-order valence-electron chi connectivity index (χ4n) is 2.33. The molecule has 0 spiro atoms. The first-order chi connectivity index (χ1) is 7.84. The van der Waals surface area contributed by atoms with Crippen molar-refractivity contribution < 1.29 is 0 Å². The van der Waals surface area contributed by atoms with Gasteiger partial charge in [-0.15, -0.1) is 0 Å². The fraction of sp³-hybridized carbons (Fsp3) is 0.571. The lowest BCUT2D eigenvalue weighted by Crippen LogP contribution is -2.33. The van der Waals surface area contributed by atoms with E-state index in [-0.39, 0.29) is 0 Å². The van der Waals surface area contributed by atoms with Crippen LogP contribution in [0.3, 0.4) is 0 Å². The number of rotatable bonds is 4. The molecule has 1 aliphatic rings. The Morgan fingerprint density at radius 1 is 1.31 bits per heavy atom. The number of hydrogen-bond donors (Lipinski definition) is 2. The molecule has 1 fully saturated rings. The molecule has 0 unspecified atom stereocenters. The van der Waals surface area contributed by atoms with Gasteiger partial charge in [-0.25, -0.2) is 0 Å². The van der Waals surface area contributed by atoms with Crippen LogP contribution < -0.4 is 10.6 Å². The van der Waals surface area contributed by atoms with Crippen molar-refractivity contribution in [3.05, 3.63) is 35.4 Å². The molecule has 1 aromatic carbocycles. The highest BCUT2D eigenvalue weighted by atomic mass is 14.9. The molecule has 1 aliphatic heterocycles. The molecule has 0 bridgehead atoms. The second-order valence-corrected chi connectivity index (χ2v) is 4.81. The molecular formula is C14H22N2. The van der Waals surface area contributed by atoms with E-state index in [0.29, 0.717) is 0 Å². The Morgan fingerprint density at radius 2 is 2.12 bits per heavy atom. The summed E-state index contributed by atoms with van der Waals surface area (Å²) in [7, 11) is 0. The first-order valence-corrected chi connectivity index (χ1v) is 6.31. The minimum absolute atomic E-state index is 0.867. The zero-order valence-corrected chi connectivity index (χ0v) is 10.1.